The molecule has 0 unspecified atom stereocenters. The van der Waals surface area contributed by atoms with Gasteiger partial charge in [0.1, 0.15) is 30.2 Å². The average molecular weight is 285 g/mol. The van der Waals surface area contributed by atoms with E-state index in [4.69, 9.17) is 14.6 Å². The van der Waals surface area contributed by atoms with Gasteiger partial charge in [0, 0.05) is 11.8 Å². The summed E-state index contributed by atoms with van der Waals surface area (Å²) in [6, 6.07) is 6.95. The minimum atomic E-state index is -1.40. The predicted molar refractivity (Wildman–Crippen MR) is 70.4 cm³/mol. The van der Waals surface area contributed by atoms with Gasteiger partial charge in [0.15, 0.2) is 6.23 Å². The van der Waals surface area contributed by atoms with Gasteiger partial charge in [0.05, 0.1) is 13.7 Å². The van der Waals surface area contributed by atoms with E-state index < -0.39 is 37.3 Å². The standard InChI is InChI=1S/C13H19NO6/c1-19-8-4-2-3-7(5-8)14-13-12(18)11(17)10(16)9(6-15)20-13/h2-5,9-18H,6H2,1H3/t9-,10+,11+,12+,13+/m0/s1. The molecular formula is C13H19NO6. The van der Waals surface area contributed by atoms with E-state index in [0.717, 1.165) is 0 Å². The van der Waals surface area contributed by atoms with Crippen LogP contribution in [0.4, 0.5) is 5.69 Å². The molecule has 1 aromatic rings. The van der Waals surface area contributed by atoms with Crippen LogP contribution in [0, 0.1) is 0 Å². The third-order valence-corrected chi connectivity index (χ3v) is 3.27. The van der Waals surface area contributed by atoms with Crippen LogP contribution in [-0.2, 0) is 4.74 Å². The fraction of sp³-hybridized carbons (Fsp3) is 0.538. The van der Waals surface area contributed by atoms with Crippen molar-refractivity contribution in [3.8, 4) is 5.75 Å². The third kappa shape index (κ3) is 3.02. The molecule has 0 saturated carbocycles. The van der Waals surface area contributed by atoms with Crippen LogP contribution in [0.2, 0.25) is 0 Å². The highest BCUT2D eigenvalue weighted by atomic mass is 16.6. The van der Waals surface area contributed by atoms with Crippen LogP contribution in [-0.4, -0.2) is 64.8 Å². The molecular weight excluding hydrogens is 266 g/mol. The van der Waals surface area contributed by atoms with Gasteiger partial charge in [-0.15, -0.1) is 0 Å². The second-order valence-electron chi connectivity index (χ2n) is 4.63. The zero-order valence-electron chi connectivity index (χ0n) is 11.0. The first-order chi connectivity index (χ1) is 9.56. The lowest BCUT2D eigenvalue weighted by Crippen LogP contribution is -2.60. The molecule has 7 nitrogen and oxygen atoms in total. The molecule has 1 aliphatic heterocycles. The quantitative estimate of drug-likeness (QED) is 0.478. The first-order valence-corrected chi connectivity index (χ1v) is 6.28. The van der Waals surface area contributed by atoms with Gasteiger partial charge in [-0.05, 0) is 12.1 Å². The number of hydrogen-bond donors (Lipinski definition) is 5. The van der Waals surface area contributed by atoms with Gasteiger partial charge in [0.2, 0.25) is 0 Å². The minimum Gasteiger partial charge on any atom is -0.497 e. The molecule has 1 aromatic carbocycles. The highest BCUT2D eigenvalue weighted by molar-refractivity contribution is 5.48. The Balaban J connectivity index is 2.10. The number of methoxy groups -OCH3 is 1. The predicted octanol–water partition coefficient (Wildman–Crippen LogP) is -1.09. The van der Waals surface area contributed by atoms with E-state index in [9.17, 15) is 15.3 Å². The molecule has 112 valence electrons. The second-order valence-corrected chi connectivity index (χ2v) is 4.63. The van der Waals surface area contributed by atoms with E-state index in [2.05, 4.69) is 5.32 Å². The smallest absolute Gasteiger partial charge is 0.157 e. The average Bonchev–Trinajstić information content (AvgIpc) is 2.48. The van der Waals surface area contributed by atoms with Crippen LogP contribution >= 0.6 is 0 Å². The highest BCUT2D eigenvalue weighted by Gasteiger charge is 2.43. The molecule has 0 amide bonds. The van der Waals surface area contributed by atoms with Crippen molar-refractivity contribution in [1.29, 1.82) is 0 Å². The van der Waals surface area contributed by atoms with Gasteiger partial charge in [-0.2, -0.15) is 0 Å². The lowest BCUT2D eigenvalue weighted by atomic mass is 9.98. The van der Waals surface area contributed by atoms with Crippen molar-refractivity contribution >= 4 is 5.69 Å². The van der Waals surface area contributed by atoms with Crippen molar-refractivity contribution in [3.05, 3.63) is 24.3 Å². The van der Waals surface area contributed by atoms with Crippen molar-refractivity contribution in [2.75, 3.05) is 19.0 Å². The molecule has 0 aliphatic carbocycles. The van der Waals surface area contributed by atoms with E-state index >= 15 is 0 Å². The van der Waals surface area contributed by atoms with Crippen molar-refractivity contribution < 1.29 is 29.9 Å². The summed E-state index contributed by atoms with van der Waals surface area (Å²) in [7, 11) is 1.53. The van der Waals surface area contributed by atoms with Gasteiger partial charge in [-0.3, -0.25) is 0 Å². The number of ether oxygens (including phenoxy) is 2. The summed E-state index contributed by atoms with van der Waals surface area (Å²) in [6.45, 7) is -0.457. The number of aliphatic hydroxyl groups excluding tert-OH is 4. The minimum absolute atomic E-state index is 0.457. The van der Waals surface area contributed by atoms with Gasteiger partial charge < -0.3 is 35.2 Å². The Kier molecular flexibility index (Phi) is 4.79. The molecule has 20 heavy (non-hydrogen) atoms. The van der Waals surface area contributed by atoms with Crippen LogP contribution in [0.25, 0.3) is 0 Å². The van der Waals surface area contributed by atoms with Gasteiger partial charge >= 0.3 is 0 Å². The lowest BCUT2D eigenvalue weighted by Gasteiger charge is -2.40. The summed E-state index contributed by atoms with van der Waals surface area (Å²) in [5.74, 6) is 0.625. The van der Waals surface area contributed by atoms with E-state index in [1.54, 1.807) is 24.3 Å². The summed E-state index contributed by atoms with van der Waals surface area (Å²) in [6.07, 6.45) is -5.96. The van der Waals surface area contributed by atoms with E-state index in [1.807, 2.05) is 0 Å². The van der Waals surface area contributed by atoms with Crippen LogP contribution in [0.15, 0.2) is 24.3 Å². The summed E-state index contributed by atoms with van der Waals surface area (Å²) >= 11 is 0. The second kappa shape index (κ2) is 6.38. The Morgan fingerprint density at radius 3 is 2.60 bits per heavy atom. The molecule has 5 N–H and O–H groups in total. The first kappa shape index (κ1) is 15.0. The van der Waals surface area contributed by atoms with Crippen LogP contribution in [0.5, 0.6) is 5.75 Å². The van der Waals surface area contributed by atoms with E-state index in [-0.39, 0.29) is 0 Å². The molecule has 1 heterocycles. The molecule has 1 fully saturated rings. The normalized spacial score (nSPS) is 33.8. The SMILES string of the molecule is COc1cccc(N[C@@H]2O[C@@H](CO)[C@@H](O)[C@@H](O)[C@H]2O)c1. The summed E-state index contributed by atoms with van der Waals surface area (Å²) < 4.78 is 10.4. The third-order valence-electron chi connectivity index (χ3n) is 3.27. The van der Waals surface area contributed by atoms with Crippen molar-refractivity contribution in [2.24, 2.45) is 0 Å². The molecule has 0 aromatic heterocycles. The Morgan fingerprint density at radius 2 is 1.95 bits per heavy atom. The Hall–Kier alpha value is -1.38. The molecule has 0 spiro atoms. The number of rotatable bonds is 4. The van der Waals surface area contributed by atoms with E-state index in [0.29, 0.717) is 11.4 Å². The first-order valence-electron chi connectivity index (χ1n) is 6.28. The molecule has 0 radical (unpaired) electrons. The Bertz CT molecular complexity index is 441. The lowest BCUT2D eigenvalue weighted by molar-refractivity contribution is -0.221. The fourth-order valence-electron chi connectivity index (χ4n) is 2.10. The molecule has 1 saturated heterocycles. The van der Waals surface area contributed by atoms with Gasteiger partial charge in [0.25, 0.3) is 0 Å². The number of hydrogen-bond acceptors (Lipinski definition) is 7. The van der Waals surface area contributed by atoms with E-state index in [1.165, 1.54) is 7.11 Å². The molecule has 0 bridgehead atoms. The van der Waals surface area contributed by atoms with Crippen molar-refractivity contribution in [1.82, 2.24) is 0 Å². The number of nitrogens with one attached hydrogen (secondary N) is 1. The van der Waals surface area contributed by atoms with Crippen molar-refractivity contribution in [3.63, 3.8) is 0 Å². The Morgan fingerprint density at radius 1 is 1.20 bits per heavy atom. The fourth-order valence-corrected chi connectivity index (χ4v) is 2.10. The highest BCUT2D eigenvalue weighted by Crippen LogP contribution is 2.24. The summed E-state index contributed by atoms with van der Waals surface area (Å²) in [5.41, 5.74) is 0.619. The molecule has 5 atom stereocenters. The molecule has 1 aliphatic rings. The number of anilines is 1. The topological polar surface area (TPSA) is 111 Å². The largest absolute Gasteiger partial charge is 0.497 e. The molecule has 2 rings (SSSR count). The van der Waals surface area contributed by atoms with Crippen molar-refractivity contribution in [2.45, 2.75) is 30.6 Å². The zero-order valence-corrected chi connectivity index (χ0v) is 11.0. The maximum Gasteiger partial charge on any atom is 0.157 e. The Labute approximate surface area is 116 Å². The van der Waals surface area contributed by atoms with Crippen LogP contribution in [0.1, 0.15) is 0 Å². The summed E-state index contributed by atoms with van der Waals surface area (Å²) in [4.78, 5) is 0. The number of benzene rings is 1. The monoisotopic (exact) mass is 285 g/mol. The maximum absolute atomic E-state index is 9.90. The van der Waals surface area contributed by atoms with Gasteiger partial charge in [-0.1, -0.05) is 6.07 Å². The zero-order chi connectivity index (χ0) is 14.7. The molecule has 7 heteroatoms. The van der Waals surface area contributed by atoms with Crippen LogP contribution in [0.3, 0.4) is 0 Å². The van der Waals surface area contributed by atoms with Gasteiger partial charge in [-0.25, -0.2) is 0 Å². The summed E-state index contributed by atoms with van der Waals surface area (Å²) in [5, 5.41) is 41.3. The van der Waals surface area contributed by atoms with Crippen LogP contribution < -0.4 is 10.1 Å². The number of aliphatic hydroxyl groups is 4. The maximum atomic E-state index is 9.90.